The van der Waals surface area contributed by atoms with Gasteiger partial charge in [-0.2, -0.15) is 0 Å². The van der Waals surface area contributed by atoms with Gasteiger partial charge in [0.25, 0.3) is 0 Å². The predicted molar refractivity (Wildman–Crippen MR) is 96.9 cm³/mol. The molecule has 0 heterocycles. The van der Waals surface area contributed by atoms with Gasteiger partial charge in [0.05, 0.1) is 0 Å². The smallest absolute Gasteiger partial charge is 0.407 e. The van der Waals surface area contributed by atoms with Crippen LogP contribution in [-0.2, 0) is 17.6 Å². The normalized spacial score (nSPS) is 23.8. The Morgan fingerprint density at radius 3 is 2.33 bits per heavy atom. The average Bonchev–Trinajstić information content (AvgIpc) is 2.96. The Morgan fingerprint density at radius 2 is 1.79 bits per heavy atom. The van der Waals surface area contributed by atoms with E-state index >= 15 is 0 Å². The highest BCUT2D eigenvalue weighted by molar-refractivity contribution is 5.67. The topological polar surface area (TPSA) is 38.3 Å². The van der Waals surface area contributed by atoms with Gasteiger partial charge in [0, 0.05) is 6.54 Å². The summed E-state index contributed by atoms with van der Waals surface area (Å²) in [5, 5.41) is 2.90. The van der Waals surface area contributed by atoms with E-state index in [9.17, 15) is 4.79 Å². The molecule has 1 aromatic rings. The van der Waals surface area contributed by atoms with Gasteiger partial charge >= 0.3 is 6.09 Å². The summed E-state index contributed by atoms with van der Waals surface area (Å²) in [5.41, 5.74) is 2.63. The third kappa shape index (κ3) is 4.40. The van der Waals surface area contributed by atoms with Gasteiger partial charge in [-0.15, -0.1) is 0 Å². The highest BCUT2D eigenvalue weighted by Gasteiger charge is 2.29. The number of nitrogens with one attached hydrogen (secondary N) is 1. The number of carbonyl (C=O) groups excluding carboxylic acids is 1. The van der Waals surface area contributed by atoms with Crippen LogP contribution in [0.15, 0.2) is 36.4 Å². The number of benzene rings is 1. The van der Waals surface area contributed by atoms with E-state index in [1.807, 2.05) is 20.8 Å². The van der Waals surface area contributed by atoms with Gasteiger partial charge in [-0.3, -0.25) is 0 Å². The van der Waals surface area contributed by atoms with Crippen LogP contribution >= 0.6 is 0 Å². The van der Waals surface area contributed by atoms with E-state index in [0.717, 1.165) is 12.3 Å². The van der Waals surface area contributed by atoms with Crippen LogP contribution in [0.1, 0.15) is 44.7 Å². The first-order chi connectivity index (χ1) is 11.4. The lowest BCUT2D eigenvalue weighted by molar-refractivity contribution is 0.0521. The number of rotatable bonds is 3. The highest BCUT2D eigenvalue weighted by atomic mass is 16.6. The van der Waals surface area contributed by atoms with Crippen molar-refractivity contribution < 1.29 is 9.53 Å². The van der Waals surface area contributed by atoms with Crippen LogP contribution in [0, 0.1) is 17.8 Å². The Bertz CT molecular complexity index is 590. The van der Waals surface area contributed by atoms with Crippen molar-refractivity contribution in [2.75, 3.05) is 6.54 Å². The summed E-state index contributed by atoms with van der Waals surface area (Å²) in [6.45, 7) is 6.33. The number of carbonyl (C=O) groups is 1. The Balaban J connectivity index is 1.46. The molecule has 2 unspecified atom stereocenters. The second kappa shape index (κ2) is 7.00. The van der Waals surface area contributed by atoms with Crippen molar-refractivity contribution in [2.24, 2.45) is 17.8 Å². The van der Waals surface area contributed by atoms with Crippen LogP contribution in [-0.4, -0.2) is 18.2 Å². The number of amides is 1. The fourth-order valence-electron chi connectivity index (χ4n) is 3.89. The van der Waals surface area contributed by atoms with Gasteiger partial charge in [-0.05, 0) is 75.3 Å². The summed E-state index contributed by atoms with van der Waals surface area (Å²) in [4.78, 5) is 11.7. The molecule has 0 aliphatic heterocycles. The van der Waals surface area contributed by atoms with Crippen LogP contribution in [0.5, 0.6) is 0 Å². The van der Waals surface area contributed by atoms with Crippen molar-refractivity contribution >= 4 is 6.09 Å². The molecular formula is C21H29NO2. The maximum Gasteiger partial charge on any atom is 0.407 e. The van der Waals surface area contributed by atoms with Crippen molar-refractivity contribution in [1.82, 2.24) is 5.32 Å². The first-order valence-corrected chi connectivity index (χ1v) is 9.12. The molecule has 3 heteroatoms. The number of ether oxygens (including phenoxy) is 1. The van der Waals surface area contributed by atoms with Crippen molar-refractivity contribution in [1.29, 1.82) is 0 Å². The molecule has 24 heavy (non-hydrogen) atoms. The molecule has 1 amide bonds. The van der Waals surface area contributed by atoms with Crippen molar-refractivity contribution in [3.05, 3.63) is 47.5 Å². The lowest BCUT2D eigenvalue weighted by Crippen LogP contribution is -2.35. The van der Waals surface area contributed by atoms with Gasteiger partial charge in [-0.25, -0.2) is 4.79 Å². The zero-order valence-electron chi connectivity index (χ0n) is 15.0. The molecule has 0 saturated carbocycles. The van der Waals surface area contributed by atoms with E-state index in [-0.39, 0.29) is 6.09 Å². The molecule has 1 N–H and O–H groups in total. The van der Waals surface area contributed by atoms with Crippen LogP contribution in [0.25, 0.3) is 0 Å². The lowest BCUT2D eigenvalue weighted by atomic mass is 9.79. The summed E-state index contributed by atoms with van der Waals surface area (Å²) in [6, 6.07) is 8.84. The molecule has 0 spiro atoms. The number of alkyl carbamates (subject to hydrolysis) is 1. The van der Waals surface area contributed by atoms with Gasteiger partial charge < -0.3 is 10.1 Å². The predicted octanol–water partition coefficient (Wildman–Crippen LogP) is 4.51. The molecule has 2 aliphatic rings. The van der Waals surface area contributed by atoms with E-state index in [1.165, 1.54) is 30.4 Å². The number of allylic oxidation sites excluding steroid dienone is 1. The van der Waals surface area contributed by atoms with E-state index in [1.54, 1.807) is 0 Å². The molecule has 1 aromatic carbocycles. The summed E-state index contributed by atoms with van der Waals surface area (Å²) in [5.74, 6) is 1.85. The molecule has 2 atom stereocenters. The molecule has 3 rings (SSSR count). The van der Waals surface area contributed by atoms with Gasteiger partial charge in [0.15, 0.2) is 0 Å². The quantitative estimate of drug-likeness (QED) is 0.830. The molecule has 0 aromatic heterocycles. The maximum absolute atomic E-state index is 11.7. The first-order valence-electron chi connectivity index (χ1n) is 9.12. The fourth-order valence-corrected chi connectivity index (χ4v) is 3.89. The molecule has 0 radical (unpaired) electrons. The molecule has 3 nitrogen and oxygen atoms in total. The Hall–Kier alpha value is -1.77. The molecule has 0 bridgehead atoms. The second-order valence-corrected chi connectivity index (χ2v) is 8.21. The van der Waals surface area contributed by atoms with Gasteiger partial charge in [-0.1, -0.05) is 36.4 Å². The van der Waals surface area contributed by atoms with E-state index in [4.69, 9.17) is 4.74 Å². The van der Waals surface area contributed by atoms with Crippen LogP contribution in [0.3, 0.4) is 0 Å². The molecule has 2 aliphatic carbocycles. The SMILES string of the molecule is CC(C)(C)OC(=O)NCC1C=CC(C2Cc3ccccc3C2)CC1. The Morgan fingerprint density at radius 1 is 1.12 bits per heavy atom. The fraction of sp³-hybridized carbons (Fsp3) is 0.571. The minimum Gasteiger partial charge on any atom is -0.444 e. The Labute approximate surface area is 145 Å². The van der Waals surface area contributed by atoms with E-state index < -0.39 is 5.60 Å². The standard InChI is InChI=1S/C21H29NO2/c1-21(2,3)24-20(23)22-14-15-8-10-16(11-9-15)19-12-17-6-4-5-7-18(17)13-19/h4-8,10,15-16,19H,9,11-14H2,1-3H3,(H,22,23). The number of hydrogen-bond acceptors (Lipinski definition) is 2. The minimum absolute atomic E-state index is 0.315. The van der Waals surface area contributed by atoms with E-state index in [0.29, 0.717) is 18.4 Å². The monoisotopic (exact) mass is 327 g/mol. The largest absolute Gasteiger partial charge is 0.444 e. The van der Waals surface area contributed by atoms with Crippen molar-refractivity contribution in [2.45, 2.75) is 52.1 Å². The minimum atomic E-state index is -0.435. The zero-order chi connectivity index (χ0) is 17.2. The van der Waals surface area contributed by atoms with Crippen molar-refractivity contribution in [3.8, 4) is 0 Å². The Kier molecular flexibility index (Phi) is 4.98. The lowest BCUT2D eigenvalue weighted by Gasteiger charge is -2.27. The number of fused-ring (bicyclic) bond motifs is 1. The highest BCUT2D eigenvalue weighted by Crippen LogP contribution is 2.37. The molecule has 130 valence electrons. The van der Waals surface area contributed by atoms with Crippen LogP contribution < -0.4 is 5.32 Å². The van der Waals surface area contributed by atoms with Crippen LogP contribution in [0.2, 0.25) is 0 Å². The average molecular weight is 327 g/mol. The van der Waals surface area contributed by atoms with Crippen LogP contribution in [0.4, 0.5) is 4.79 Å². The molecule has 0 saturated heterocycles. The maximum atomic E-state index is 11.7. The summed E-state index contributed by atoms with van der Waals surface area (Å²) >= 11 is 0. The first kappa shape index (κ1) is 17.1. The number of hydrogen-bond donors (Lipinski definition) is 1. The molecule has 0 fully saturated rings. The second-order valence-electron chi connectivity index (χ2n) is 8.21. The van der Waals surface area contributed by atoms with Gasteiger partial charge in [0.1, 0.15) is 5.60 Å². The van der Waals surface area contributed by atoms with E-state index in [2.05, 4.69) is 41.7 Å². The third-order valence-electron chi connectivity index (χ3n) is 5.10. The summed E-state index contributed by atoms with van der Waals surface area (Å²) in [7, 11) is 0. The molecular weight excluding hydrogens is 298 g/mol. The van der Waals surface area contributed by atoms with Crippen molar-refractivity contribution in [3.63, 3.8) is 0 Å². The zero-order valence-corrected chi connectivity index (χ0v) is 15.0. The van der Waals surface area contributed by atoms with Gasteiger partial charge in [0.2, 0.25) is 0 Å². The third-order valence-corrected chi connectivity index (χ3v) is 5.10. The summed E-state index contributed by atoms with van der Waals surface area (Å²) < 4.78 is 5.29. The summed E-state index contributed by atoms with van der Waals surface area (Å²) in [6.07, 6.45) is 9.16.